The first-order valence-electron chi connectivity index (χ1n) is 8.69. The summed E-state index contributed by atoms with van der Waals surface area (Å²) in [4.78, 5) is 16.5. The first-order chi connectivity index (χ1) is 12.5. The molecule has 1 heterocycles. The van der Waals surface area contributed by atoms with Crippen molar-refractivity contribution in [2.24, 2.45) is 0 Å². The van der Waals surface area contributed by atoms with Crippen molar-refractivity contribution in [3.05, 3.63) is 42.0 Å². The van der Waals surface area contributed by atoms with Gasteiger partial charge in [0.2, 0.25) is 5.88 Å². The minimum Gasteiger partial charge on any atom is -0.481 e. The van der Waals surface area contributed by atoms with Crippen LogP contribution in [0.2, 0.25) is 0 Å². The smallest absolute Gasteiger partial charge is 0.408 e. The Morgan fingerprint density at radius 3 is 2.44 bits per heavy atom. The van der Waals surface area contributed by atoms with E-state index < -0.39 is 17.2 Å². The van der Waals surface area contributed by atoms with Crippen LogP contribution in [-0.2, 0) is 10.3 Å². The van der Waals surface area contributed by atoms with Crippen molar-refractivity contribution in [2.45, 2.75) is 45.8 Å². The molecule has 7 heteroatoms. The normalized spacial score (nSPS) is 11.6. The fourth-order valence-electron chi connectivity index (χ4n) is 2.42. The minimum atomic E-state index is -0.632. The zero-order valence-electron chi connectivity index (χ0n) is 16.7. The summed E-state index contributed by atoms with van der Waals surface area (Å²) in [5.74, 6) is 0.971. The molecule has 0 atom stereocenters. The molecule has 1 aromatic carbocycles. The first kappa shape index (κ1) is 20.4. The number of carbonyl (C=O) groups excluding carboxylic acids is 1. The van der Waals surface area contributed by atoms with E-state index in [-0.39, 0.29) is 0 Å². The fourth-order valence-corrected chi connectivity index (χ4v) is 2.42. The van der Waals surface area contributed by atoms with E-state index in [1.54, 1.807) is 19.2 Å². The van der Waals surface area contributed by atoms with Crippen molar-refractivity contribution in [2.75, 3.05) is 18.2 Å². The molecule has 0 radical (unpaired) electrons. The standard InChI is InChI=1S/C20H28N4O3/c1-19(2,3)27-18(25)24-20(4,5)13-8-7-9-14(12-13)22-17-15(21)10-11-16(23-17)26-6/h7-12H,21H2,1-6H3,(H,22,23)(H,24,25). The summed E-state index contributed by atoms with van der Waals surface area (Å²) in [5, 5.41) is 6.09. The number of nitrogens with one attached hydrogen (secondary N) is 2. The number of nitrogens with zero attached hydrogens (tertiary/aromatic N) is 1. The molecule has 0 aliphatic carbocycles. The van der Waals surface area contributed by atoms with Crippen LogP contribution in [0.25, 0.3) is 0 Å². The monoisotopic (exact) mass is 372 g/mol. The van der Waals surface area contributed by atoms with E-state index >= 15 is 0 Å². The maximum Gasteiger partial charge on any atom is 0.408 e. The number of amides is 1. The third kappa shape index (κ3) is 5.77. The number of carbonyl (C=O) groups is 1. The number of nitrogen functional groups attached to an aromatic ring is 1. The van der Waals surface area contributed by atoms with Crippen LogP contribution in [0.3, 0.4) is 0 Å². The molecule has 1 aromatic heterocycles. The summed E-state index contributed by atoms with van der Waals surface area (Å²) in [5.41, 5.74) is 7.00. The highest BCUT2D eigenvalue weighted by Crippen LogP contribution is 2.27. The first-order valence-corrected chi connectivity index (χ1v) is 8.69. The lowest BCUT2D eigenvalue weighted by atomic mass is 9.94. The number of alkyl carbamates (subject to hydrolysis) is 1. The van der Waals surface area contributed by atoms with Crippen molar-refractivity contribution < 1.29 is 14.3 Å². The number of anilines is 3. The SMILES string of the molecule is COc1ccc(N)c(Nc2cccc(C(C)(C)NC(=O)OC(C)(C)C)c2)n1. The quantitative estimate of drug-likeness (QED) is 0.728. The predicted molar refractivity (Wildman–Crippen MR) is 107 cm³/mol. The van der Waals surface area contributed by atoms with Crippen molar-refractivity contribution in [1.82, 2.24) is 10.3 Å². The highest BCUT2D eigenvalue weighted by atomic mass is 16.6. The Hall–Kier alpha value is -2.96. The second-order valence-electron chi connectivity index (χ2n) is 7.75. The van der Waals surface area contributed by atoms with Crippen LogP contribution in [0.1, 0.15) is 40.2 Å². The molecule has 0 unspecified atom stereocenters. The maximum absolute atomic E-state index is 12.1. The number of benzene rings is 1. The summed E-state index contributed by atoms with van der Waals surface area (Å²) < 4.78 is 10.5. The number of hydrogen-bond acceptors (Lipinski definition) is 6. The van der Waals surface area contributed by atoms with Gasteiger partial charge in [-0.3, -0.25) is 0 Å². The molecule has 0 spiro atoms. The summed E-state index contributed by atoms with van der Waals surface area (Å²) >= 11 is 0. The van der Waals surface area contributed by atoms with E-state index in [0.29, 0.717) is 17.4 Å². The molecular weight excluding hydrogens is 344 g/mol. The second-order valence-corrected chi connectivity index (χ2v) is 7.75. The predicted octanol–water partition coefficient (Wildman–Crippen LogP) is 4.18. The fraction of sp³-hybridized carbons (Fsp3) is 0.400. The molecule has 2 rings (SSSR count). The van der Waals surface area contributed by atoms with Crippen molar-refractivity contribution in [1.29, 1.82) is 0 Å². The van der Waals surface area contributed by atoms with Crippen LogP contribution in [0.15, 0.2) is 36.4 Å². The highest BCUT2D eigenvalue weighted by Gasteiger charge is 2.26. The zero-order valence-corrected chi connectivity index (χ0v) is 16.7. The van der Waals surface area contributed by atoms with Gasteiger partial charge in [0.15, 0.2) is 5.82 Å². The molecule has 27 heavy (non-hydrogen) atoms. The molecule has 0 aliphatic rings. The molecular formula is C20H28N4O3. The number of ether oxygens (including phenoxy) is 2. The van der Waals surface area contributed by atoms with Crippen LogP contribution in [0, 0.1) is 0 Å². The van der Waals surface area contributed by atoms with E-state index in [2.05, 4.69) is 15.6 Å². The van der Waals surface area contributed by atoms with Crippen LogP contribution in [-0.4, -0.2) is 23.8 Å². The van der Waals surface area contributed by atoms with Gasteiger partial charge >= 0.3 is 6.09 Å². The molecule has 1 amide bonds. The summed E-state index contributed by atoms with van der Waals surface area (Å²) in [6, 6.07) is 11.1. The Kier molecular flexibility index (Phi) is 5.83. The van der Waals surface area contributed by atoms with Gasteiger partial charge in [0.1, 0.15) is 5.60 Å². The van der Waals surface area contributed by atoms with E-state index in [1.807, 2.05) is 58.9 Å². The minimum absolute atomic E-state index is 0.467. The molecule has 7 nitrogen and oxygen atoms in total. The summed E-state index contributed by atoms with van der Waals surface area (Å²) in [6.07, 6.45) is -0.468. The Labute approximate surface area is 160 Å². The van der Waals surface area contributed by atoms with Crippen molar-refractivity contribution in [3.63, 3.8) is 0 Å². The Morgan fingerprint density at radius 1 is 1.11 bits per heavy atom. The van der Waals surface area contributed by atoms with Gasteiger partial charge in [0, 0.05) is 11.8 Å². The molecule has 0 fully saturated rings. The van der Waals surface area contributed by atoms with Crippen LogP contribution < -0.4 is 21.1 Å². The molecule has 4 N–H and O–H groups in total. The van der Waals surface area contributed by atoms with Crippen molar-refractivity contribution >= 4 is 23.3 Å². The Balaban J connectivity index is 2.20. The van der Waals surface area contributed by atoms with Crippen LogP contribution in [0.5, 0.6) is 5.88 Å². The molecule has 146 valence electrons. The van der Waals surface area contributed by atoms with Gasteiger partial charge in [0.05, 0.1) is 18.3 Å². The molecule has 0 saturated heterocycles. The van der Waals surface area contributed by atoms with Gasteiger partial charge in [-0.05, 0) is 58.4 Å². The van der Waals surface area contributed by atoms with Gasteiger partial charge in [-0.15, -0.1) is 0 Å². The van der Waals surface area contributed by atoms with Crippen LogP contribution in [0.4, 0.5) is 22.0 Å². The Morgan fingerprint density at radius 2 is 1.81 bits per heavy atom. The van der Waals surface area contributed by atoms with Gasteiger partial charge in [0.25, 0.3) is 0 Å². The van der Waals surface area contributed by atoms with Crippen LogP contribution >= 0.6 is 0 Å². The lowest BCUT2D eigenvalue weighted by molar-refractivity contribution is 0.0470. The van der Waals surface area contributed by atoms with E-state index in [4.69, 9.17) is 15.2 Å². The average molecular weight is 372 g/mol. The molecule has 0 saturated carbocycles. The molecule has 2 aromatic rings. The topological polar surface area (TPSA) is 98.5 Å². The van der Waals surface area contributed by atoms with Crippen molar-refractivity contribution in [3.8, 4) is 5.88 Å². The second kappa shape index (κ2) is 7.73. The summed E-state index contributed by atoms with van der Waals surface area (Å²) in [6.45, 7) is 9.31. The largest absolute Gasteiger partial charge is 0.481 e. The molecule has 0 bridgehead atoms. The van der Waals surface area contributed by atoms with Gasteiger partial charge in [-0.25, -0.2) is 4.79 Å². The maximum atomic E-state index is 12.1. The third-order valence-corrected chi connectivity index (χ3v) is 3.77. The van der Waals surface area contributed by atoms with Gasteiger partial charge in [-0.2, -0.15) is 4.98 Å². The molecule has 0 aliphatic heterocycles. The van der Waals surface area contributed by atoms with E-state index in [0.717, 1.165) is 11.3 Å². The number of pyridine rings is 1. The number of rotatable bonds is 5. The highest BCUT2D eigenvalue weighted by molar-refractivity contribution is 5.71. The Bertz CT molecular complexity index is 813. The lowest BCUT2D eigenvalue weighted by Gasteiger charge is -2.29. The lowest BCUT2D eigenvalue weighted by Crippen LogP contribution is -2.43. The third-order valence-electron chi connectivity index (χ3n) is 3.77. The number of hydrogen-bond donors (Lipinski definition) is 3. The number of nitrogens with two attached hydrogens (primary N) is 1. The summed E-state index contributed by atoms with van der Waals surface area (Å²) in [7, 11) is 1.55. The van der Waals surface area contributed by atoms with Gasteiger partial charge in [-0.1, -0.05) is 12.1 Å². The number of methoxy groups -OCH3 is 1. The average Bonchev–Trinajstić information content (AvgIpc) is 2.55. The van der Waals surface area contributed by atoms with E-state index in [1.165, 1.54) is 0 Å². The zero-order chi connectivity index (χ0) is 20.2. The van der Waals surface area contributed by atoms with E-state index in [9.17, 15) is 4.79 Å². The number of aromatic nitrogens is 1. The van der Waals surface area contributed by atoms with Gasteiger partial charge < -0.3 is 25.8 Å².